The Labute approximate surface area is 216 Å². The van der Waals surface area contributed by atoms with E-state index in [0.29, 0.717) is 22.8 Å². The fraction of sp³-hybridized carbons (Fsp3) is 0.280. The standard InChI is InChI=1S/C25H26ClFN2O5S2/c26-21-7-3-19(4-8-21)17-29(18-20-5-9-22(27)10-6-20)36(32,33)25-13-11-24(12-14-25)35(30,31)28-16-23-2-1-15-34-23/h3-14,23,28H,1-2,15-18H2. The van der Waals surface area contributed by atoms with Gasteiger partial charge in [-0.05, 0) is 72.5 Å². The van der Waals surface area contributed by atoms with Crippen LogP contribution in [0.2, 0.25) is 5.02 Å². The van der Waals surface area contributed by atoms with Crippen molar-refractivity contribution in [2.45, 2.75) is 41.8 Å². The first kappa shape index (κ1) is 26.7. The molecule has 1 atom stereocenters. The van der Waals surface area contributed by atoms with E-state index in [1.54, 1.807) is 24.3 Å². The molecule has 0 spiro atoms. The zero-order chi connectivity index (χ0) is 25.8. The van der Waals surface area contributed by atoms with Gasteiger partial charge in [-0.3, -0.25) is 0 Å². The molecular formula is C25H26ClFN2O5S2. The lowest BCUT2D eigenvalue weighted by Gasteiger charge is -2.23. The number of nitrogens with zero attached hydrogens (tertiary/aromatic N) is 1. The molecule has 3 aromatic carbocycles. The van der Waals surface area contributed by atoms with Crippen molar-refractivity contribution < 1.29 is 26.0 Å². The monoisotopic (exact) mass is 552 g/mol. The minimum absolute atomic E-state index is 0.00572. The van der Waals surface area contributed by atoms with E-state index in [1.807, 2.05) is 0 Å². The Bertz CT molecular complexity index is 1330. The molecule has 1 N–H and O–H groups in total. The Morgan fingerprint density at radius 1 is 0.861 bits per heavy atom. The van der Waals surface area contributed by atoms with E-state index in [2.05, 4.69) is 4.72 Å². The molecule has 192 valence electrons. The Balaban J connectivity index is 1.57. The van der Waals surface area contributed by atoms with Gasteiger partial charge in [0.2, 0.25) is 20.0 Å². The summed E-state index contributed by atoms with van der Waals surface area (Å²) in [6.45, 7) is 0.812. The first-order chi connectivity index (χ1) is 17.1. The summed E-state index contributed by atoms with van der Waals surface area (Å²) in [6, 6.07) is 17.5. The van der Waals surface area contributed by atoms with Crippen molar-refractivity contribution in [1.29, 1.82) is 0 Å². The van der Waals surface area contributed by atoms with Gasteiger partial charge in [0.05, 0.1) is 15.9 Å². The zero-order valence-electron chi connectivity index (χ0n) is 19.3. The van der Waals surface area contributed by atoms with E-state index in [1.165, 1.54) is 52.8 Å². The molecule has 3 aromatic rings. The third kappa shape index (κ3) is 6.70. The summed E-state index contributed by atoms with van der Waals surface area (Å²) in [7, 11) is -7.86. The molecule has 1 unspecified atom stereocenters. The molecule has 1 fully saturated rings. The van der Waals surface area contributed by atoms with Crippen molar-refractivity contribution in [3.8, 4) is 0 Å². The fourth-order valence-electron chi connectivity index (χ4n) is 3.84. The summed E-state index contributed by atoms with van der Waals surface area (Å²) in [6.07, 6.45) is 1.52. The molecule has 0 amide bonds. The van der Waals surface area contributed by atoms with Crippen LogP contribution in [0.5, 0.6) is 0 Å². The fourth-order valence-corrected chi connectivity index (χ4v) is 6.45. The van der Waals surface area contributed by atoms with Gasteiger partial charge in [0.15, 0.2) is 0 Å². The third-order valence-electron chi connectivity index (χ3n) is 5.84. The highest BCUT2D eigenvalue weighted by Gasteiger charge is 2.26. The average Bonchev–Trinajstić information content (AvgIpc) is 3.39. The summed E-state index contributed by atoms with van der Waals surface area (Å²) in [5, 5.41) is 0.525. The minimum atomic E-state index is -4.03. The van der Waals surface area contributed by atoms with Crippen LogP contribution in [-0.4, -0.2) is 40.4 Å². The smallest absolute Gasteiger partial charge is 0.243 e. The lowest BCUT2D eigenvalue weighted by molar-refractivity contribution is 0.114. The van der Waals surface area contributed by atoms with Crippen LogP contribution in [0, 0.1) is 5.82 Å². The molecule has 0 aliphatic carbocycles. The van der Waals surface area contributed by atoms with E-state index < -0.39 is 25.9 Å². The number of halogens is 2. The molecule has 1 aliphatic heterocycles. The summed E-state index contributed by atoms with van der Waals surface area (Å²) in [5.41, 5.74) is 1.31. The van der Waals surface area contributed by atoms with Crippen molar-refractivity contribution in [3.63, 3.8) is 0 Å². The van der Waals surface area contributed by atoms with Crippen LogP contribution in [0.25, 0.3) is 0 Å². The molecular weight excluding hydrogens is 527 g/mol. The van der Waals surface area contributed by atoms with E-state index in [-0.39, 0.29) is 35.5 Å². The van der Waals surface area contributed by atoms with E-state index in [9.17, 15) is 21.2 Å². The molecule has 1 heterocycles. The summed E-state index contributed by atoms with van der Waals surface area (Å²) in [5.74, 6) is -0.421. The minimum Gasteiger partial charge on any atom is -0.377 e. The predicted octanol–water partition coefficient (Wildman–Crippen LogP) is 4.33. The molecule has 0 radical (unpaired) electrons. The van der Waals surface area contributed by atoms with Gasteiger partial charge < -0.3 is 4.74 Å². The molecule has 36 heavy (non-hydrogen) atoms. The predicted molar refractivity (Wildman–Crippen MR) is 135 cm³/mol. The van der Waals surface area contributed by atoms with Gasteiger partial charge >= 0.3 is 0 Å². The van der Waals surface area contributed by atoms with Gasteiger partial charge in [0.1, 0.15) is 5.82 Å². The van der Waals surface area contributed by atoms with Crippen LogP contribution in [0.4, 0.5) is 4.39 Å². The van der Waals surface area contributed by atoms with Crippen molar-refractivity contribution in [3.05, 3.63) is 94.8 Å². The zero-order valence-corrected chi connectivity index (χ0v) is 21.7. The van der Waals surface area contributed by atoms with Crippen molar-refractivity contribution in [1.82, 2.24) is 9.03 Å². The van der Waals surface area contributed by atoms with E-state index in [0.717, 1.165) is 12.8 Å². The third-order valence-corrected chi connectivity index (χ3v) is 9.34. The Morgan fingerprint density at radius 3 is 1.97 bits per heavy atom. The van der Waals surface area contributed by atoms with Crippen LogP contribution in [-0.2, 0) is 37.9 Å². The van der Waals surface area contributed by atoms with Gasteiger partial charge in [0.25, 0.3) is 0 Å². The van der Waals surface area contributed by atoms with Gasteiger partial charge in [-0.2, -0.15) is 4.31 Å². The maximum atomic E-state index is 13.6. The van der Waals surface area contributed by atoms with Crippen LogP contribution in [0.1, 0.15) is 24.0 Å². The molecule has 4 rings (SSSR count). The lowest BCUT2D eigenvalue weighted by Crippen LogP contribution is -2.32. The first-order valence-electron chi connectivity index (χ1n) is 11.3. The van der Waals surface area contributed by atoms with Gasteiger partial charge in [0, 0.05) is 31.3 Å². The number of ether oxygens (including phenoxy) is 1. The van der Waals surface area contributed by atoms with Gasteiger partial charge in [-0.15, -0.1) is 0 Å². The number of nitrogens with one attached hydrogen (secondary N) is 1. The number of sulfonamides is 2. The highest BCUT2D eigenvalue weighted by atomic mass is 35.5. The first-order valence-corrected chi connectivity index (χ1v) is 14.6. The topological polar surface area (TPSA) is 92.8 Å². The molecule has 1 saturated heterocycles. The van der Waals surface area contributed by atoms with Gasteiger partial charge in [-0.25, -0.2) is 25.9 Å². The van der Waals surface area contributed by atoms with Crippen molar-refractivity contribution >= 4 is 31.6 Å². The number of hydrogen-bond acceptors (Lipinski definition) is 5. The molecule has 0 bridgehead atoms. The Hall–Kier alpha value is -2.34. The van der Waals surface area contributed by atoms with Crippen molar-refractivity contribution in [2.24, 2.45) is 0 Å². The van der Waals surface area contributed by atoms with Crippen LogP contribution < -0.4 is 4.72 Å². The number of hydrogen-bond donors (Lipinski definition) is 1. The molecule has 1 aliphatic rings. The number of benzene rings is 3. The maximum Gasteiger partial charge on any atom is 0.243 e. The lowest BCUT2D eigenvalue weighted by atomic mass is 10.2. The summed E-state index contributed by atoms with van der Waals surface area (Å²) < 4.78 is 75.1. The highest BCUT2D eigenvalue weighted by molar-refractivity contribution is 7.89. The van der Waals surface area contributed by atoms with Crippen LogP contribution in [0.15, 0.2) is 82.6 Å². The molecule has 0 saturated carbocycles. The summed E-state index contributed by atoms with van der Waals surface area (Å²) >= 11 is 5.96. The second-order valence-corrected chi connectivity index (χ2v) is 12.6. The molecule has 7 nitrogen and oxygen atoms in total. The summed E-state index contributed by atoms with van der Waals surface area (Å²) in [4.78, 5) is -0.0983. The molecule has 0 aromatic heterocycles. The highest BCUT2D eigenvalue weighted by Crippen LogP contribution is 2.24. The molecule has 11 heteroatoms. The van der Waals surface area contributed by atoms with Crippen LogP contribution >= 0.6 is 11.6 Å². The Kier molecular flexibility index (Phi) is 8.44. The maximum absolute atomic E-state index is 13.6. The van der Waals surface area contributed by atoms with Gasteiger partial charge in [-0.1, -0.05) is 35.9 Å². The van der Waals surface area contributed by atoms with E-state index in [4.69, 9.17) is 16.3 Å². The SMILES string of the molecule is O=S(=O)(NCC1CCCO1)c1ccc(S(=O)(=O)N(Cc2ccc(F)cc2)Cc2ccc(Cl)cc2)cc1. The second-order valence-electron chi connectivity index (χ2n) is 8.48. The average molecular weight is 553 g/mol. The normalized spacial score (nSPS) is 16.5. The Morgan fingerprint density at radius 2 is 1.42 bits per heavy atom. The number of rotatable bonds is 10. The second kappa shape index (κ2) is 11.4. The quantitative estimate of drug-likeness (QED) is 0.404. The van der Waals surface area contributed by atoms with E-state index >= 15 is 0 Å². The van der Waals surface area contributed by atoms with Crippen molar-refractivity contribution in [2.75, 3.05) is 13.2 Å². The largest absolute Gasteiger partial charge is 0.377 e. The van der Waals surface area contributed by atoms with Crippen LogP contribution in [0.3, 0.4) is 0 Å².